The summed E-state index contributed by atoms with van der Waals surface area (Å²) in [5.74, 6) is -0.155. The number of aliphatic hydroxyl groups excluding tert-OH is 1. The average Bonchev–Trinajstić information content (AvgIpc) is 2.58. The fraction of sp³-hybridized carbons (Fsp3) is 0.929. The van der Waals surface area contributed by atoms with Gasteiger partial charge in [0.05, 0.1) is 13.0 Å². The van der Waals surface area contributed by atoms with Crippen molar-refractivity contribution in [3.05, 3.63) is 0 Å². The third kappa shape index (κ3) is 4.30. The van der Waals surface area contributed by atoms with Crippen LogP contribution in [0.15, 0.2) is 0 Å². The maximum atomic E-state index is 11.3. The van der Waals surface area contributed by atoms with Crippen LogP contribution in [0.1, 0.15) is 65.2 Å². The molecule has 2 unspecified atom stereocenters. The van der Waals surface area contributed by atoms with Gasteiger partial charge in [0.1, 0.15) is 6.10 Å². The van der Waals surface area contributed by atoms with Crippen LogP contribution >= 0.6 is 0 Å². The maximum Gasteiger partial charge on any atom is 0.306 e. The molecule has 100 valence electrons. The van der Waals surface area contributed by atoms with E-state index >= 15 is 0 Å². The first kappa shape index (κ1) is 14.5. The Hall–Kier alpha value is -0.570. The first-order valence-corrected chi connectivity index (χ1v) is 6.92. The van der Waals surface area contributed by atoms with Gasteiger partial charge < -0.3 is 9.84 Å². The number of carbonyl (C=O) groups is 1. The van der Waals surface area contributed by atoms with Crippen molar-refractivity contribution in [2.75, 3.05) is 6.61 Å². The van der Waals surface area contributed by atoms with Crippen LogP contribution in [0.2, 0.25) is 0 Å². The van der Waals surface area contributed by atoms with Crippen LogP contribution in [0.4, 0.5) is 0 Å². The molecule has 0 spiro atoms. The van der Waals surface area contributed by atoms with Crippen LogP contribution in [0, 0.1) is 5.41 Å². The number of ether oxygens (including phenoxy) is 1. The summed E-state index contributed by atoms with van der Waals surface area (Å²) in [4.78, 5) is 11.3. The Balaban J connectivity index is 2.22. The Morgan fingerprint density at radius 1 is 1.29 bits per heavy atom. The van der Waals surface area contributed by atoms with E-state index in [1.807, 2.05) is 0 Å². The minimum Gasteiger partial charge on any atom is -0.459 e. The summed E-state index contributed by atoms with van der Waals surface area (Å²) in [6.07, 6.45) is 8.70. The number of cyclic esters (lactones) is 1. The van der Waals surface area contributed by atoms with Crippen molar-refractivity contribution in [1.82, 2.24) is 0 Å². The van der Waals surface area contributed by atoms with E-state index in [9.17, 15) is 9.90 Å². The summed E-state index contributed by atoms with van der Waals surface area (Å²) < 4.78 is 5.13. The lowest BCUT2D eigenvalue weighted by Crippen LogP contribution is -2.30. The molecule has 0 amide bonds. The zero-order valence-corrected chi connectivity index (χ0v) is 11.2. The average molecular weight is 242 g/mol. The minimum atomic E-state index is -0.286. The highest BCUT2D eigenvalue weighted by atomic mass is 16.6. The zero-order valence-electron chi connectivity index (χ0n) is 11.2. The second-order valence-corrected chi connectivity index (χ2v) is 5.51. The number of unbranched alkanes of at least 4 members (excludes halogenated alkanes) is 5. The highest BCUT2D eigenvalue weighted by Crippen LogP contribution is 2.39. The van der Waals surface area contributed by atoms with Gasteiger partial charge in [-0.3, -0.25) is 4.79 Å². The van der Waals surface area contributed by atoms with Gasteiger partial charge in [-0.25, -0.2) is 0 Å². The SMILES string of the molecule is CCCCCCCCC1(C)CC(=O)OC1CO. The van der Waals surface area contributed by atoms with E-state index in [1.54, 1.807) is 0 Å². The summed E-state index contributed by atoms with van der Waals surface area (Å²) in [6.45, 7) is 4.23. The molecule has 1 fully saturated rings. The summed E-state index contributed by atoms with van der Waals surface area (Å²) in [5.41, 5.74) is -0.142. The number of aliphatic hydroxyl groups is 1. The molecular weight excluding hydrogens is 216 g/mol. The Labute approximate surface area is 105 Å². The molecule has 0 aromatic heterocycles. The largest absolute Gasteiger partial charge is 0.459 e. The van der Waals surface area contributed by atoms with Crippen LogP contribution in [-0.4, -0.2) is 23.8 Å². The zero-order chi connectivity index (χ0) is 12.7. The van der Waals surface area contributed by atoms with E-state index in [1.165, 1.54) is 32.1 Å². The van der Waals surface area contributed by atoms with E-state index in [2.05, 4.69) is 13.8 Å². The maximum absolute atomic E-state index is 11.3. The fourth-order valence-corrected chi connectivity index (χ4v) is 2.60. The van der Waals surface area contributed by atoms with Gasteiger partial charge in [-0.1, -0.05) is 52.4 Å². The van der Waals surface area contributed by atoms with Crippen molar-refractivity contribution >= 4 is 5.97 Å². The second kappa shape index (κ2) is 7.00. The molecule has 2 atom stereocenters. The smallest absolute Gasteiger partial charge is 0.306 e. The molecule has 1 rings (SSSR count). The highest BCUT2D eigenvalue weighted by molar-refractivity contribution is 5.73. The molecule has 3 nitrogen and oxygen atoms in total. The lowest BCUT2D eigenvalue weighted by Gasteiger charge is -2.27. The monoisotopic (exact) mass is 242 g/mol. The van der Waals surface area contributed by atoms with Crippen molar-refractivity contribution in [3.63, 3.8) is 0 Å². The first-order chi connectivity index (χ1) is 8.12. The van der Waals surface area contributed by atoms with Crippen LogP contribution in [0.5, 0.6) is 0 Å². The molecule has 1 N–H and O–H groups in total. The molecule has 3 heteroatoms. The van der Waals surface area contributed by atoms with Crippen LogP contribution in [0.3, 0.4) is 0 Å². The number of rotatable bonds is 8. The predicted octanol–water partition coefficient (Wildman–Crippen LogP) is 3.05. The van der Waals surface area contributed by atoms with Crippen LogP contribution < -0.4 is 0 Å². The van der Waals surface area contributed by atoms with Gasteiger partial charge in [0.25, 0.3) is 0 Å². The topological polar surface area (TPSA) is 46.5 Å². The van der Waals surface area contributed by atoms with Gasteiger partial charge >= 0.3 is 5.97 Å². The third-order valence-corrected chi connectivity index (χ3v) is 3.87. The highest BCUT2D eigenvalue weighted by Gasteiger charge is 2.44. The molecule has 0 aliphatic carbocycles. The Morgan fingerprint density at radius 3 is 2.59 bits per heavy atom. The second-order valence-electron chi connectivity index (χ2n) is 5.51. The van der Waals surface area contributed by atoms with Gasteiger partial charge in [-0.15, -0.1) is 0 Å². The minimum absolute atomic E-state index is 0.0436. The van der Waals surface area contributed by atoms with E-state index < -0.39 is 0 Å². The number of esters is 1. The van der Waals surface area contributed by atoms with Crippen molar-refractivity contribution in [2.24, 2.45) is 5.41 Å². The summed E-state index contributed by atoms with van der Waals surface area (Å²) in [5, 5.41) is 9.21. The molecular formula is C14H26O3. The van der Waals surface area contributed by atoms with Gasteiger partial charge in [-0.05, 0) is 6.42 Å². The van der Waals surface area contributed by atoms with Crippen LogP contribution in [-0.2, 0) is 9.53 Å². The third-order valence-electron chi connectivity index (χ3n) is 3.87. The van der Waals surface area contributed by atoms with Gasteiger partial charge in [0.15, 0.2) is 0 Å². The van der Waals surface area contributed by atoms with Gasteiger partial charge in [-0.2, -0.15) is 0 Å². The van der Waals surface area contributed by atoms with Gasteiger partial charge in [0.2, 0.25) is 0 Å². The van der Waals surface area contributed by atoms with Crippen molar-refractivity contribution < 1.29 is 14.6 Å². The fourth-order valence-electron chi connectivity index (χ4n) is 2.60. The Bertz CT molecular complexity index is 240. The van der Waals surface area contributed by atoms with E-state index in [-0.39, 0.29) is 24.1 Å². The predicted molar refractivity (Wildman–Crippen MR) is 67.7 cm³/mol. The normalized spacial score (nSPS) is 28.4. The quantitative estimate of drug-likeness (QED) is 0.525. The molecule has 0 aromatic carbocycles. The number of hydrogen-bond donors (Lipinski definition) is 1. The van der Waals surface area contributed by atoms with Crippen molar-refractivity contribution in [1.29, 1.82) is 0 Å². The Kier molecular flexibility index (Phi) is 5.96. The first-order valence-electron chi connectivity index (χ1n) is 6.92. The molecule has 17 heavy (non-hydrogen) atoms. The van der Waals surface area contributed by atoms with Crippen LogP contribution in [0.25, 0.3) is 0 Å². The molecule has 1 saturated heterocycles. The van der Waals surface area contributed by atoms with Gasteiger partial charge in [0, 0.05) is 5.41 Å². The van der Waals surface area contributed by atoms with Crippen molar-refractivity contribution in [2.45, 2.75) is 71.3 Å². The lowest BCUT2D eigenvalue weighted by molar-refractivity contribution is -0.143. The molecule has 0 radical (unpaired) electrons. The summed E-state index contributed by atoms with van der Waals surface area (Å²) in [6, 6.07) is 0. The van der Waals surface area contributed by atoms with Crippen molar-refractivity contribution in [3.8, 4) is 0 Å². The summed E-state index contributed by atoms with van der Waals surface area (Å²) >= 11 is 0. The molecule has 0 saturated carbocycles. The number of hydrogen-bond acceptors (Lipinski definition) is 3. The summed E-state index contributed by atoms with van der Waals surface area (Å²) in [7, 11) is 0. The molecule has 1 heterocycles. The Morgan fingerprint density at radius 2 is 1.94 bits per heavy atom. The molecule has 1 aliphatic rings. The molecule has 0 aromatic rings. The lowest BCUT2D eigenvalue weighted by atomic mass is 9.78. The van der Waals surface area contributed by atoms with E-state index in [0.29, 0.717) is 6.42 Å². The standard InChI is InChI=1S/C14H26O3/c1-3-4-5-6-7-8-9-14(2)10-13(16)17-12(14)11-15/h12,15H,3-11H2,1-2H3. The molecule has 1 aliphatic heterocycles. The molecule has 0 bridgehead atoms. The number of carbonyl (C=O) groups excluding carboxylic acids is 1. The van der Waals surface area contributed by atoms with E-state index in [0.717, 1.165) is 12.8 Å². The van der Waals surface area contributed by atoms with E-state index in [4.69, 9.17) is 4.74 Å².